The molecule has 34 heavy (non-hydrogen) atoms. The first-order chi connectivity index (χ1) is 16.5. The number of aromatic nitrogens is 3. The van der Waals surface area contributed by atoms with Crippen LogP contribution in [0.3, 0.4) is 0 Å². The second kappa shape index (κ2) is 8.28. The van der Waals surface area contributed by atoms with Gasteiger partial charge in [0.2, 0.25) is 0 Å². The second-order valence-electron chi connectivity index (χ2n) is 7.92. The van der Waals surface area contributed by atoms with Crippen LogP contribution in [0.1, 0.15) is 22.8 Å². The topological polar surface area (TPSA) is 109 Å². The van der Waals surface area contributed by atoms with Crippen LogP contribution in [0.25, 0.3) is 16.9 Å². The molecule has 1 fully saturated rings. The van der Waals surface area contributed by atoms with Crippen molar-refractivity contribution in [2.24, 2.45) is 0 Å². The van der Waals surface area contributed by atoms with Crippen LogP contribution in [0.15, 0.2) is 91.4 Å². The molecule has 1 saturated heterocycles. The van der Waals surface area contributed by atoms with E-state index in [0.717, 1.165) is 5.69 Å². The molecule has 5 rings (SSSR count). The molecule has 0 aliphatic carbocycles. The monoisotopic (exact) mass is 452 g/mol. The van der Waals surface area contributed by atoms with Crippen LogP contribution in [-0.4, -0.2) is 37.6 Å². The molecule has 2 aromatic carbocycles. The minimum absolute atomic E-state index is 0.186. The molecular weight excluding hydrogens is 432 g/mol. The van der Waals surface area contributed by atoms with Gasteiger partial charge in [-0.3, -0.25) is 20.0 Å². The van der Waals surface area contributed by atoms with Gasteiger partial charge in [0.15, 0.2) is 0 Å². The zero-order chi connectivity index (χ0) is 23.7. The lowest BCUT2D eigenvalue weighted by atomic mass is 9.92. The smallest absolute Gasteiger partial charge is 0.318 e. The van der Waals surface area contributed by atoms with Gasteiger partial charge in [-0.05, 0) is 36.8 Å². The summed E-state index contributed by atoms with van der Waals surface area (Å²) in [7, 11) is 0. The normalized spacial score (nSPS) is 17.5. The van der Waals surface area contributed by atoms with Crippen molar-refractivity contribution in [2.75, 3.05) is 0 Å². The molecule has 168 valence electrons. The fourth-order valence-corrected chi connectivity index (χ4v) is 3.84. The molecule has 0 spiro atoms. The van der Waals surface area contributed by atoms with Gasteiger partial charge in [-0.25, -0.2) is 9.48 Å². The van der Waals surface area contributed by atoms with Gasteiger partial charge >= 0.3 is 6.03 Å². The number of hydrogen-bond donors (Lipinski definition) is 2. The Morgan fingerprint density at radius 2 is 1.68 bits per heavy atom. The van der Waals surface area contributed by atoms with Gasteiger partial charge in [0.1, 0.15) is 11.2 Å². The number of imide groups is 1. The lowest BCUT2D eigenvalue weighted by molar-refractivity contribution is -0.132. The van der Waals surface area contributed by atoms with Crippen molar-refractivity contribution in [1.29, 1.82) is 0 Å². The minimum atomic E-state index is -1.30. The molecule has 9 heteroatoms. The highest BCUT2D eigenvalue weighted by Gasteiger charge is 2.50. The summed E-state index contributed by atoms with van der Waals surface area (Å²) in [6, 6.07) is 21.0. The summed E-state index contributed by atoms with van der Waals surface area (Å²) in [6.07, 6.45) is 4.77. The number of nitrogens with one attached hydrogen (secondary N) is 2. The number of benzene rings is 2. The van der Waals surface area contributed by atoms with Crippen molar-refractivity contribution in [1.82, 2.24) is 30.5 Å². The standard InChI is InChI=1S/C25H20N6O3/c1-25(18-10-4-2-5-11-18)23(33)31(24(34)27-25)29-22(32)20-16-30(19-12-6-3-7-13-19)28-21(20)17-9-8-14-26-15-17/h2-16H,1H3,(H,27,34)(H,29,32)/t25-/m0/s1. The first kappa shape index (κ1) is 21.1. The number of pyridine rings is 1. The van der Waals surface area contributed by atoms with E-state index in [9.17, 15) is 14.4 Å². The van der Waals surface area contributed by atoms with Gasteiger partial charge < -0.3 is 5.32 Å². The maximum Gasteiger partial charge on any atom is 0.344 e. The summed E-state index contributed by atoms with van der Waals surface area (Å²) < 4.78 is 1.57. The van der Waals surface area contributed by atoms with Crippen molar-refractivity contribution < 1.29 is 14.4 Å². The molecule has 1 aliphatic rings. The maximum atomic E-state index is 13.3. The molecule has 1 aliphatic heterocycles. The molecule has 4 aromatic rings. The number of urea groups is 1. The van der Waals surface area contributed by atoms with Gasteiger partial charge in [-0.15, -0.1) is 0 Å². The highest BCUT2D eigenvalue weighted by atomic mass is 16.2. The van der Waals surface area contributed by atoms with Gasteiger partial charge in [0.25, 0.3) is 11.8 Å². The Labute approximate surface area is 195 Å². The zero-order valence-electron chi connectivity index (χ0n) is 18.2. The third-order valence-corrected chi connectivity index (χ3v) is 5.67. The molecule has 0 saturated carbocycles. The molecule has 0 radical (unpaired) electrons. The van der Waals surface area contributed by atoms with E-state index in [-0.39, 0.29) is 5.56 Å². The van der Waals surface area contributed by atoms with Crippen LogP contribution in [-0.2, 0) is 10.3 Å². The summed E-state index contributed by atoms with van der Waals surface area (Å²) in [5, 5.41) is 7.96. The van der Waals surface area contributed by atoms with Crippen LogP contribution in [0.4, 0.5) is 4.79 Å². The quantitative estimate of drug-likeness (QED) is 0.453. The van der Waals surface area contributed by atoms with Gasteiger partial charge in [-0.2, -0.15) is 10.1 Å². The van der Waals surface area contributed by atoms with Crippen molar-refractivity contribution in [3.63, 3.8) is 0 Å². The lowest BCUT2D eigenvalue weighted by Gasteiger charge is -2.22. The summed E-state index contributed by atoms with van der Waals surface area (Å²) in [5.74, 6) is -1.24. The molecule has 1 atom stereocenters. The van der Waals surface area contributed by atoms with Gasteiger partial charge in [-0.1, -0.05) is 48.5 Å². The Morgan fingerprint density at radius 1 is 0.971 bits per heavy atom. The first-order valence-electron chi connectivity index (χ1n) is 10.6. The van der Waals surface area contributed by atoms with Gasteiger partial charge in [0, 0.05) is 24.2 Å². The molecule has 0 bridgehead atoms. The maximum absolute atomic E-state index is 13.3. The Morgan fingerprint density at radius 3 is 2.35 bits per heavy atom. The predicted molar refractivity (Wildman–Crippen MR) is 123 cm³/mol. The number of para-hydroxylation sites is 1. The van der Waals surface area contributed by atoms with E-state index in [1.807, 2.05) is 36.4 Å². The van der Waals surface area contributed by atoms with Crippen molar-refractivity contribution in [2.45, 2.75) is 12.5 Å². The third kappa shape index (κ3) is 3.58. The predicted octanol–water partition coefficient (Wildman–Crippen LogP) is 3.05. The van der Waals surface area contributed by atoms with E-state index in [2.05, 4.69) is 20.8 Å². The number of nitrogens with zero attached hydrogens (tertiary/aromatic N) is 4. The highest BCUT2D eigenvalue weighted by Crippen LogP contribution is 2.28. The second-order valence-corrected chi connectivity index (χ2v) is 7.92. The molecular formula is C25H20N6O3. The van der Waals surface area contributed by atoms with Gasteiger partial charge in [0.05, 0.1) is 11.3 Å². The van der Waals surface area contributed by atoms with E-state index in [0.29, 0.717) is 21.8 Å². The number of rotatable bonds is 5. The van der Waals surface area contributed by atoms with E-state index < -0.39 is 23.4 Å². The molecule has 9 nitrogen and oxygen atoms in total. The number of carbonyl (C=O) groups is 3. The van der Waals surface area contributed by atoms with E-state index in [1.165, 1.54) is 0 Å². The van der Waals surface area contributed by atoms with Crippen molar-refractivity contribution in [3.05, 3.63) is 103 Å². The average Bonchev–Trinajstić information content (AvgIpc) is 3.42. The molecule has 0 unspecified atom stereocenters. The summed E-state index contributed by atoms with van der Waals surface area (Å²) in [6.45, 7) is 1.60. The fraction of sp³-hybridized carbons (Fsp3) is 0.0800. The summed E-state index contributed by atoms with van der Waals surface area (Å²) in [4.78, 5) is 43.3. The number of hydrazine groups is 1. The van der Waals surface area contributed by atoms with Crippen LogP contribution in [0.5, 0.6) is 0 Å². The molecule has 4 amide bonds. The Kier molecular flexibility index (Phi) is 5.14. The summed E-state index contributed by atoms with van der Waals surface area (Å²) >= 11 is 0. The van der Waals surface area contributed by atoms with Crippen LogP contribution in [0.2, 0.25) is 0 Å². The van der Waals surface area contributed by atoms with Crippen LogP contribution in [0, 0.1) is 0 Å². The number of hydrogen-bond acceptors (Lipinski definition) is 5. The lowest BCUT2D eigenvalue weighted by Crippen LogP contribution is -2.48. The largest absolute Gasteiger partial charge is 0.344 e. The van der Waals surface area contributed by atoms with E-state index in [1.54, 1.807) is 66.6 Å². The Hall–Kier alpha value is -4.79. The van der Waals surface area contributed by atoms with E-state index in [4.69, 9.17) is 0 Å². The minimum Gasteiger partial charge on any atom is -0.318 e. The number of amides is 4. The number of carbonyl (C=O) groups excluding carboxylic acids is 3. The fourth-order valence-electron chi connectivity index (χ4n) is 3.84. The Balaban J connectivity index is 1.48. The molecule has 2 N–H and O–H groups in total. The van der Waals surface area contributed by atoms with Crippen LogP contribution >= 0.6 is 0 Å². The van der Waals surface area contributed by atoms with Crippen LogP contribution < -0.4 is 10.7 Å². The SMILES string of the molecule is C[C@@]1(c2ccccc2)NC(=O)N(NC(=O)c2cn(-c3ccccc3)nc2-c2cccnc2)C1=O. The molecule has 3 heterocycles. The third-order valence-electron chi connectivity index (χ3n) is 5.67. The van der Waals surface area contributed by atoms with Crippen molar-refractivity contribution in [3.8, 4) is 16.9 Å². The average molecular weight is 452 g/mol. The van der Waals surface area contributed by atoms with E-state index >= 15 is 0 Å². The summed E-state index contributed by atoms with van der Waals surface area (Å²) in [5.41, 5.74) is 3.68. The zero-order valence-corrected chi connectivity index (χ0v) is 18.2. The van der Waals surface area contributed by atoms with Crippen molar-refractivity contribution >= 4 is 17.8 Å². The highest BCUT2D eigenvalue weighted by molar-refractivity contribution is 6.10. The Bertz CT molecular complexity index is 1370. The first-order valence-corrected chi connectivity index (χ1v) is 10.6. The molecule has 2 aromatic heterocycles.